The molecule has 0 aliphatic carbocycles. The summed E-state index contributed by atoms with van der Waals surface area (Å²) in [6, 6.07) is 8.47. The van der Waals surface area contributed by atoms with Crippen LogP contribution in [0.25, 0.3) is 0 Å². The third-order valence-corrected chi connectivity index (χ3v) is 3.38. The van der Waals surface area contributed by atoms with E-state index in [1.807, 2.05) is 24.3 Å². The van der Waals surface area contributed by atoms with Gasteiger partial charge in [-0.15, -0.1) is 6.42 Å². The highest BCUT2D eigenvalue weighted by molar-refractivity contribution is 5.46. The molecule has 0 amide bonds. The highest BCUT2D eigenvalue weighted by Crippen LogP contribution is 2.17. The quantitative estimate of drug-likeness (QED) is 0.791. The van der Waals surface area contributed by atoms with Crippen LogP contribution in [0, 0.1) is 12.3 Å². The average Bonchev–Trinajstić information content (AvgIpc) is 2.42. The number of aliphatic hydroxyl groups excluding tert-OH is 1. The SMILES string of the molecule is C#CCN1CCC(Nc2cccc(CO)c2)CC1. The van der Waals surface area contributed by atoms with Gasteiger partial charge in [-0.1, -0.05) is 18.1 Å². The summed E-state index contributed by atoms with van der Waals surface area (Å²) in [5, 5.41) is 12.6. The second-order valence-electron chi connectivity index (χ2n) is 4.76. The van der Waals surface area contributed by atoms with Crippen molar-refractivity contribution < 1.29 is 5.11 Å². The van der Waals surface area contributed by atoms with E-state index in [1.54, 1.807) is 0 Å². The zero-order valence-corrected chi connectivity index (χ0v) is 10.6. The lowest BCUT2D eigenvalue weighted by Gasteiger charge is -2.31. The number of nitrogens with one attached hydrogen (secondary N) is 1. The highest BCUT2D eigenvalue weighted by atomic mass is 16.3. The van der Waals surface area contributed by atoms with Crippen LogP contribution in [-0.4, -0.2) is 35.7 Å². The Balaban J connectivity index is 1.86. The van der Waals surface area contributed by atoms with Gasteiger partial charge >= 0.3 is 0 Å². The molecule has 1 aliphatic heterocycles. The van der Waals surface area contributed by atoms with E-state index in [-0.39, 0.29) is 6.61 Å². The fourth-order valence-electron chi connectivity index (χ4n) is 2.36. The van der Waals surface area contributed by atoms with Crippen LogP contribution in [0.4, 0.5) is 5.69 Å². The van der Waals surface area contributed by atoms with Crippen LogP contribution in [0.3, 0.4) is 0 Å². The Morgan fingerprint density at radius 1 is 1.39 bits per heavy atom. The van der Waals surface area contributed by atoms with Crippen molar-refractivity contribution in [3.8, 4) is 12.3 Å². The van der Waals surface area contributed by atoms with Crippen LogP contribution < -0.4 is 5.32 Å². The van der Waals surface area contributed by atoms with Gasteiger partial charge in [-0.3, -0.25) is 4.90 Å². The molecule has 2 N–H and O–H groups in total. The molecule has 1 aliphatic rings. The third kappa shape index (κ3) is 3.49. The standard InChI is InChI=1S/C15H20N2O/c1-2-8-17-9-6-14(7-10-17)16-15-5-3-4-13(11-15)12-18/h1,3-5,11,14,16,18H,6-10,12H2. The van der Waals surface area contributed by atoms with Crippen LogP contribution in [0.2, 0.25) is 0 Å². The molecule has 18 heavy (non-hydrogen) atoms. The first-order valence-corrected chi connectivity index (χ1v) is 6.44. The van der Waals surface area contributed by atoms with E-state index < -0.39 is 0 Å². The maximum absolute atomic E-state index is 9.11. The first-order valence-electron chi connectivity index (χ1n) is 6.44. The van der Waals surface area contributed by atoms with Gasteiger partial charge in [-0.05, 0) is 30.5 Å². The predicted octanol–water partition coefficient (Wildman–Crippen LogP) is 1.69. The number of nitrogens with zero attached hydrogens (tertiary/aromatic N) is 1. The average molecular weight is 244 g/mol. The molecule has 1 aromatic carbocycles. The van der Waals surface area contributed by atoms with E-state index in [1.165, 1.54) is 0 Å². The van der Waals surface area contributed by atoms with Gasteiger partial charge in [0, 0.05) is 24.8 Å². The number of rotatable bonds is 4. The van der Waals surface area contributed by atoms with Crippen LogP contribution in [0.15, 0.2) is 24.3 Å². The second-order valence-corrected chi connectivity index (χ2v) is 4.76. The number of hydrogen-bond donors (Lipinski definition) is 2. The summed E-state index contributed by atoms with van der Waals surface area (Å²) >= 11 is 0. The van der Waals surface area contributed by atoms with Crippen molar-refractivity contribution in [3.63, 3.8) is 0 Å². The van der Waals surface area contributed by atoms with Crippen molar-refractivity contribution in [2.75, 3.05) is 25.0 Å². The monoisotopic (exact) mass is 244 g/mol. The van der Waals surface area contributed by atoms with E-state index in [4.69, 9.17) is 11.5 Å². The Bertz CT molecular complexity index is 417. The Kier molecular flexibility index (Phi) is 4.63. The second kappa shape index (κ2) is 6.44. The smallest absolute Gasteiger partial charge is 0.0682 e. The van der Waals surface area contributed by atoms with E-state index in [9.17, 15) is 0 Å². The lowest BCUT2D eigenvalue weighted by molar-refractivity contribution is 0.243. The molecule has 1 heterocycles. The Hall–Kier alpha value is -1.50. The summed E-state index contributed by atoms with van der Waals surface area (Å²) in [4.78, 5) is 2.31. The molecule has 0 atom stereocenters. The molecule has 3 heteroatoms. The number of aliphatic hydroxyl groups is 1. The largest absolute Gasteiger partial charge is 0.392 e. The van der Waals surface area contributed by atoms with E-state index in [0.29, 0.717) is 6.04 Å². The number of piperidine rings is 1. The minimum absolute atomic E-state index is 0.0934. The maximum Gasteiger partial charge on any atom is 0.0682 e. The van der Waals surface area contributed by atoms with E-state index >= 15 is 0 Å². The minimum Gasteiger partial charge on any atom is -0.392 e. The molecule has 1 fully saturated rings. The maximum atomic E-state index is 9.11. The van der Waals surface area contributed by atoms with Gasteiger partial charge in [0.15, 0.2) is 0 Å². The molecule has 0 bridgehead atoms. The van der Waals surface area contributed by atoms with Gasteiger partial charge in [0.25, 0.3) is 0 Å². The van der Waals surface area contributed by atoms with E-state index in [2.05, 4.69) is 16.1 Å². The lowest BCUT2D eigenvalue weighted by atomic mass is 10.0. The Labute approximate surface area is 109 Å². The van der Waals surface area contributed by atoms with Crippen molar-refractivity contribution in [2.24, 2.45) is 0 Å². The Morgan fingerprint density at radius 2 is 2.17 bits per heavy atom. The zero-order valence-electron chi connectivity index (χ0n) is 10.6. The number of anilines is 1. The van der Waals surface area contributed by atoms with Gasteiger partial charge in [0.2, 0.25) is 0 Å². The van der Waals surface area contributed by atoms with Crippen LogP contribution >= 0.6 is 0 Å². The molecule has 1 saturated heterocycles. The molecule has 0 radical (unpaired) electrons. The molecular formula is C15H20N2O. The van der Waals surface area contributed by atoms with Crippen LogP contribution in [-0.2, 0) is 6.61 Å². The first kappa shape index (κ1) is 12.9. The molecule has 3 nitrogen and oxygen atoms in total. The van der Waals surface area contributed by atoms with Gasteiger partial charge < -0.3 is 10.4 Å². The van der Waals surface area contributed by atoms with Gasteiger partial charge in [-0.2, -0.15) is 0 Å². The van der Waals surface area contributed by atoms with Gasteiger partial charge in [0.1, 0.15) is 0 Å². The van der Waals surface area contributed by atoms with Crippen LogP contribution in [0.5, 0.6) is 0 Å². The number of benzene rings is 1. The van der Waals surface area contributed by atoms with Gasteiger partial charge in [-0.25, -0.2) is 0 Å². The topological polar surface area (TPSA) is 35.5 Å². The molecular weight excluding hydrogens is 224 g/mol. The predicted molar refractivity (Wildman–Crippen MR) is 74.3 cm³/mol. The third-order valence-electron chi connectivity index (χ3n) is 3.38. The molecule has 2 rings (SSSR count). The molecule has 0 saturated carbocycles. The van der Waals surface area contributed by atoms with Crippen molar-refractivity contribution in [3.05, 3.63) is 29.8 Å². The minimum atomic E-state index is 0.0934. The molecule has 96 valence electrons. The number of hydrogen-bond acceptors (Lipinski definition) is 3. The molecule has 0 unspecified atom stereocenters. The van der Waals surface area contributed by atoms with Crippen molar-refractivity contribution in [2.45, 2.75) is 25.5 Å². The summed E-state index contributed by atoms with van der Waals surface area (Å²) in [6.45, 7) is 2.96. The highest BCUT2D eigenvalue weighted by Gasteiger charge is 2.18. The summed E-state index contributed by atoms with van der Waals surface area (Å²) in [7, 11) is 0. The Morgan fingerprint density at radius 3 is 2.83 bits per heavy atom. The van der Waals surface area contributed by atoms with Crippen molar-refractivity contribution in [1.29, 1.82) is 0 Å². The molecule has 0 aromatic heterocycles. The first-order chi connectivity index (χ1) is 8.81. The van der Waals surface area contributed by atoms with Crippen molar-refractivity contribution >= 4 is 5.69 Å². The molecule has 1 aromatic rings. The van der Waals surface area contributed by atoms with Gasteiger partial charge in [0.05, 0.1) is 13.2 Å². The summed E-state index contributed by atoms with van der Waals surface area (Å²) in [6.07, 6.45) is 7.55. The number of likely N-dealkylation sites (tertiary alicyclic amines) is 1. The summed E-state index contributed by atoms with van der Waals surface area (Å²) < 4.78 is 0. The van der Waals surface area contributed by atoms with Crippen molar-refractivity contribution in [1.82, 2.24) is 4.90 Å². The number of terminal acetylenes is 1. The summed E-state index contributed by atoms with van der Waals surface area (Å²) in [5.74, 6) is 2.69. The summed E-state index contributed by atoms with van der Waals surface area (Å²) in [5.41, 5.74) is 2.04. The fraction of sp³-hybridized carbons (Fsp3) is 0.467. The fourth-order valence-corrected chi connectivity index (χ4v) is 2.36. The van der Waals surface area contributed by atoms with Crippen LogP contribution in [0.1, 0.15) is 18.4 Å². The normalized spacial score (nSPS) is 17.3. The zero-order chi connectivity index (χ0) is 12.8. The molecule has 0 spiro atoms. The van der Waals surface area contributed by atoms with E-state index in [0.717, 1.165) is 43.7 Å². The lowest BCUT2D eigenvalue weighted by Crippen LogP contribution is -2.39.